The number of likely N-dealkylation sites (N-methyl/N-ethyl adjacent to an activating group) is 1. The van der Waals surface area contributed by atoms with Crippen molar-refractivity contribution in [3.63, 3.8) is 0 Å². The van der Waals surface area contributed by atoms with Gasteiger partial charge in [-0.2, -0.15) is 0 Å². The normalized spacial score (nSPS) is 18.8. The molecule has 0 bridgehead atoms. The first-order valence-corrected chi connectivity index (χ1v) is 10.1. The first-order valence-electron chi connectivity index (χ1n) is 10.1. The Bertz CT molecular complexity index is 527. The molecular weight excluding hydrogens is 471 g/mol. The van der Waals surface area contributed by atoms with E-state index in [0.717, 1.165) is 45.0 Å². The molecular formula is C19H37IN6O2. The molecule has 162 valence electrons. The second-order valence-corrected chi connectivity index (χ2v) is 8.04. The van der Waals surface area contributed by atoms with Crippen LogP contribution < -0.4 is 10.6 Å². The lowest BCUT2D eigenvalue weighted by molar-refractivity contribution is -0.127. The largest absolute Gasteiger partial charge is 0.353 e. The second kappa shape index (κ2) is 12.5. The van der Waals surface area contributed by atoms with Crippen molar-refractivity contribution in [1.82, 2.24) is 25.3 Å². The van der Waals surface area contributed by atoms with Gasteiger partial charge in [0, 0.05) is 52.4 Å². The number of carbonyl (C=O) groups is 2. The Balaban J connectivity index is 0.00000392. The molecule has 0 spiro atoms. The van der Waals surface area contributed by atoms with Crippen molar-refractivity contribution >= 4 is 41.8 Å². The number of piperazine rings is 1. The summed E-state index contributed by atoms with van der Waals surface area (Å²) in [5.74, 6) is 0.918. The van der Waals surface area contributed by atoms with E-state index in [9.17, 15) is 9.59 Å². The zero-order chi connectivity index (χ0) is 19.8. The lowest BCUT2D eigenvalue weighted by atomic mass is 10.2. The molecule has 1 aliphatic carbocycles. The summed E-state index contributed by atoms with van der Waals surface area (Å²) in [6.07, 6.45) is 4.83. The molecule has 2 N–H and O–H groups in total. The molecule has 8 nitrogen and oxygen atoms in total. The second-order valence-electron chi connectivity index (χ2n) is 8.04. The monoisotopic (exact) mass is 508 g/mol. The van der Waals surface area contributed by atoms with Crippen LogP contribution >= 0.6 is 24.0 Å². The van der Waals surface area contributed by atoms with Crippen LogP contribution in [0.2, 0.25) is 0 Å². The van der Waals surface area contributed by atoms with E-state index in [2.05, 4.69) is 25.4 Å². The number of nitrogens with zero attached hydrogens (tertiary/aromatic N) is 4. The van der Waals surface area contributed by atoms with Gasteiger partial charge >= 0.3 is 0 Å². The van der Waals surface area contributed by atoms with Gasteiger partial charge < -0.3 is 20.4 Å². The summed E-state index contributed by atoms with van der Waals surface area (Å²) >= 11 is 0. The molecule has 2 aliphatic rings. The van der Waals surface area contributed by atoms with E-state index < -0.39 is 0 Å². The van der Waals surface area contributed by atoms with Crippen LogP contribution in [0.15, 0.2) is 4.99 Å². The molecule has 0 unspecified atom stereocenters. The summed E-state index contributed by atoms with van der Waals surface area (Å²) < 4.78 is 0. The Hall–Kier alpha value is -1.10. The minimum Gasteiger partial charge on any atom is -0.353 e. The van der Waals surface area contributed by atoms with Crippen LogP contribution in [-0.2, 0) is 9.59 Å². The Labute approximate surface area is 186 Å². The van der Waals surface area contributed by atoms with Crippen molar-refractivity contribution in [2.24, 2.45) is 4.99 Å². The Morgan fingerprint density at radius 3 is 2.25 bits per heavy atom. The zero-order valence-corrected chi connectivity index (χ0v) is 20.1. The highest BCUT2D eigenvalue weighted by atomic mass is 127. The fourth-order valence-electron chi connectivity index (χ4n) is 3.46. The average Bonchev–Trinajstić information content (AvgIpc) is 3.11. The summed E-state index contributed by atoms with van der Waals surface area (Å²) in [6, 6.07) is 0.621. The summed E-state index contributed by atoms with van der Waals surface area (Å²) in [5.41, 5.74) is 0. The Kier molecular flexibility index (Phi) is 11.1. The van der Waals surface area contributed by atoms with Crippen LogP contribution in [0, 0.1) is 0 Å². The molecule has 1 saturated carbocycles. The molecule has 1 saturated heterocycles. The van der Waals surface area contributed by atoms with Gasteiger partial charge in [0.1, 0.15) is 6.54 Å². The average molecular weight is 508 g/mol. The summed E-state index contributed by atoms with van der Waals surface area (Å²) in [6.45, 7) is 7.81. The summed E-state index contributed by atoms with van der Waals surface area (Å²) in [5, 5.41) is 6.51. The molecule has 0 aromatic carbocycles. The molecule has 0 atom stereocenters. The summed E-state index contributed by atoms with van der Waals surface area (Å²) in [7, 11) is 3.51. The molecule has 2 fully saturated rings. The van der Waals surface area contributed by atoms with Crippen LogP contribution in [-0.4, -0.2) is 97.9 Å². The number of guanidine groups is 1. The highest BCUT2D eigenvalue weighted by molar-refractivity contribution is 14.0. The van der Waals surface area contributed by atoms with Gasteiger partial charge in [0.25, 0.3) is 0 Å². The van der Waals surface area contributed by atoms with Crippen molar-refractivity contribution in [3.8, 4) is 0 Å². The molecule has 28 heavy (non-hydrogen) atoms. The number of hydrogen-bond acceptors (Lipinski definition) is 4. The van der Waals surface area contributed by atoms with Gasteiger partial charge in [-0.1, -0.05) is 12.8 Å². The van der Waals surface area contributed by atoms with Crippen molar-refractivity contribution in [2.75, 3.05) is 53.4 Å². The first kappa shape index (κ1) is 24.9. The van der Waals surface area contributed by atoms with Gasteiger partial charge in [0.15, 0.2) is 5.96 Å². The first-order chi connectivity index (χ1) is 12.8. The van der Waals surface area contributed by atoms with E-state index in [4.69, 9.17) is 0 Å². The molecule has 0 aromatic heterocycles. The van der Waals surface area contributed by atoms with Crippen molar-refractivity contribution in [1.29, 1.82) is 0 Å². The topological polar surface area (TPSA) is 80.3 Å². The van der Waals surface area contributed by atoms with Crippen molar-refractivity contribution < 1.29 is 9.59 Å². The van der Waals surface area contributed by atoms with Gasteiger partial charge in [0.2, 0.25) is 11.8 Å². The third-order valence-electron chi connectivity index (χ3n) is 5.04. The van der Waals surface area contributed by atoms with Gasteiger partial charge in [-0.25, -0.2) is 4.99 Å². The molecule has 9 heteroatoms. The standard InChI is InChI=1S/C19H36N6O2.HI/c1-15(2)21-17(26)14-24-9-11-25(12-10-24)19(20-13-18(27)23(3)4)22-16-7-5-6-8-16;/h15-16H,5-14H2,1-4H3,(H,20,22)(H,21,26);1H. The lowest BCUT2D eigenvalue weighted by Gasteiger charge is -2.37. The smallest absolute Gasteiger partial charge is 0.243 e. The van der Waals surface area contributed by atoms with Crippen LogP contribution in [0.5, 0.6) is 0 Å². The maximum atomic E-state index is 12.0. The van der Waals surface area contributed by atoms with E-state index in [0.29, 0.717) is 12.6 Å². The molecule has 2 rings (SSSR count). The minimum absolute atomic E-state index is 0. The number of amides is 2. The predicted octanol–water partition coefficient (Wildman–Crippen LogP) is 0.723. The molecule has 0 aromatic rings. The minimum atomic E-state index is 0. The number of hydrogen-bond donors (Lipinski definition) is 2. The van der Waals surface area contributed by atoms with Gasteiger partial charge in [-0.15, -0.1) is 24.0 Å². The number of aliphatic imine (C=N–C) groups is 1. The van der Waals surface area contributed by atoms with E-state index in [1.165, 1.54) is 12.8 Å². The molecule has 1 heterocycles. The fourth-order valence-corrected chi connectivity index (χ4v) is 3.46. The Morgan fingerprint density at radius 1 is 1.11 bits per heavy atom. The number of nitrogens with one attached hydrogen (secondary N) is 2. The van der Waals surface area contributed by atoms with E-state index in [1.54, 1.807) is 19.0 Å². The SMILES string of the molecule is CC(C)NC(=O)CN1CCN(C(=NCC(=O)N(C)C)NC2CCCC2)CC1.I. The van der Waals surface area contributed by atoms with Crippen LogP contribution in [0.1, 0.15) is 39.5 Å². The van der Waals surface area contributed by atoms with E-state index in [-0.39, 0.29) is 48.4 Å². The number of rotatable bonds is 6. The summed E-state index contributed by atoms with van der Waals surface area (Å²) in [4.78, 5) is 34.5. The quantitative estimate of drug-likeness (QED) is 0.314. The number of carbonyl (C=O) groups excluding carboxylic acids is 2. The van der Waals surface area contributed by atoms with Crippen molar-refractivity contribution in [3.05, 3.63) is 0 Å². The predicted molar refractivity (Wildman–Crippen MR) is 123 cm³/mol. The van der Waals surface area contributed by atoms with Crippen molar-refractivity contribution in [2.45, 2.75) is 51.6 Å². The van der Waals surface area contributed by atoms with Gasteiger partial charge in [0.05, 0.1) is 6.54 Å². The van der Waals surface area contributed by atoms with Crippen LogP contribution in [0.4, 0.5) is 0 Å². The van der Waals surface area contributed by atoms with E-state index >= 15 is 0 Å². The highest BCUT2D eigenvalue weighted by Crippen LogP contribution is 2.18. The van der Waals surface area contributed by atoms with Gasteiger partial charge in [-0.3, -0.25) is 14.5 Å². The zero-order valence-electron chi connectivity index (χ0n) is 17.7. The number of halogens is 1. The third-order valence-corrected chi connectivity index (χ3v) is 5.04. The van der Waals surface area contributed by atoms with Gasteiger partial charge in [-0.05, 0) is 26.7 Å². The highest BCUT2D eigenvalue weighted by Gasteiger charge is 2.24. The maximum absolute atomic E-state index is 12.0. The molecule has 1 aliphatic heterocycles. The molecule has 0 radical (unpaired) electrons. The fraction of sp³-hybridized carbons (Fsp3) is 0.842. The lowest BCUT2D eigenvalue weighted by Crippen LogP contribution is -2.55. The maximum Gasteiger partial charge on any atom is 0.243 e. The van der Waals surface area contributed by atoms with Crippen LogP contribution in [0.25, 0.3) is 0 Å². The Morgan fingerprint density at radius 2 is 1.71 bits per heavy atom. The van der Waals surface area contributed by atoms with Crippen LogP contribution in [0.3, 0.4) is 0 Å². The third kappa shape index (κ3) is 8.50. The van der Waals surface area contributed by atoms with E-state index in [1.807, 2.05) is 13.8 Å². The molecule has 2 amide bonds.